The second-order valence-electron chi connectivity index (χ2n) is 6.63. The molecule has 3 N–H and O–H groups in total. The summed E-state index contributed by atoms with van der Waals surface area (Å²) in [5.41, 5.74) is 10.9. The molecule has 2 aromatic heterocycles. The van der Waals surface area contributed by atoms with E-state index in [0.29, 0.717) is 5.82 Å². The van der Waals surface area contributed by atoms with Crippen LogP contribution in [0.25, 0.3) is 22.0 Å². The zero-order chi connectivity index (χ0) is 18.8. The molecule has 2 aromatic carbocycles. The van der Waals surface area contributed by atoms with Crippen molar-refractivity contribution >= 4 is 28.1 Å². The predicted molar refractivity (Wildman–Crippen MR) is 114 cm³/mol. The lowest BCUT2D eigenvalue weighted by Gasteiger charge is -2.11. The normalized spacial score (nSPS) is 12.4. The summed E-state index contributed by atoms with van der Waals surface area (Å²) in [6.45, 7) is 2.99. The first-order chi connectivity index (χ1) is 13.2. The Morgan fingerprint density at radius 3 is 2.70 bits per heavy atom. The number of rotatable bonds is 5. The molecule has 4 rings (SSSR count). The molecule has 1 unspecified atom stereocenters. The molecule has 2 heterocycles. The van der Waals surface area contributed by atoms with Crippen LogP contribution in [0.3, 0.4) is 0 Å². The van der Waals surface area contributed by atoms with Crippen LogP contribution in [0.15, 0.2) is 60.0 Å². The van der Waals surface area contributed by atoms with E-state index in [-0.39, 0.29) is 5.92 Å². The molecular weight excluding hydrogens is 352 g/mol. The molecule has 1 atom stereocenters. The van der Waals surface area contributed by atoms with Crippen LogP contribution < -0.4 is 11.1 Å². The van der Waals surface area contributed by atoms with Crippen molar-refractivity contribution in [2.75, 3.05) is 12.8 Å². The van der Waals surface area contributed by atoms with Gasteiger partial charge < -0.3 is 11.1 Å². The van der Waals surface area contributed by atoms with Crippen LogP contribution in [0.5, 0.6) is 0 Å². The van der Waals surface area contributed by atoms with E-state index in [2.05, 4.69) is 52.9 Å². The van der Waals surface area contributed by atoms with Crippen molar-refractivity contribution in [2.24, 2.45) is 0 Å². The van der Waals surface area contributed by atoms with Gasteiger partial charge in [0.1, 0.15) is 11.6 Å². The van der Waals surface area contributed by atoms with Gasteiger partial charge in [-0.05, 0) is 47.3 Å². The number of para-hydroxylation sites is 1. The number of nitrogens with zero attached hydrogens (tertiary/aromatic N) is 2. The molecule has 0 bridgehead atoms. The Bertz CT molecular complexity index is 1090. The Hall–Kier alpha value is -2.76. The second kappa shape index (κ2) is 7.47. The molecule has 4 aromatic rings. The molecule has 0 saturated carbocycles. The molecule has 0 amide bonds. The van der Waals surface area contributed by atoms with E-state index in [1.54, 1.807) is 11.3 Å². The highest BCUT2D eigenvalue weighted by Crippen LogP contribution is 2.34. The van der Waals surface area contributed by atoms with Gasteiger partial charge in [0, 0.05) is 16.8 Å². The van der Waals surface area contributed by atoms with Gasteiger partial charge in [0.25, 0.3) is 0 Å². The van der Waals surface area contributed by atoms with E-state index in [1.165, 1.54) is 21.6 Å². The smallest absolute Gasteiger partial charge is 0.139 e. The minimum atomic E-state index is 0.0899. The van der Waals surface area contributed by atoms with Crippen LogP contribution in [-0.2, 0) is 6.54 Å². The molecular formula is C22H22N4S. The van der Waals surface area contributed by atoms with Gasteiger partial charge in [-0.1, -0.05) is 43.3 Å². The summed E-state index contributed by atoms with van der Waals surface area (Å²) in [7, 11) is 1.97. The minimum Gasteiger partial charge on any atom is -0.383 e. The summed E-state index contributed by atoms with van der Waals surface area (Å²) >= 11 is 1.74. The Morgan fingerprint density at radius 2 is 1.85 bits per heavy atom. The van der Waals surface area contributed by atoms with Crippen LogP contribution >= 0.6 is 11.3 Å². The number of nitrogens with two attached hydrogens (primary N) is 1. The van der Waals surface area contributed by atoms with Gasteiger partial charge in [-0.3, -0.25) is 0 Å². The monoisotopic (exact) mass is 374 g/mol. The summed E-state index contributed by atoms with van der Waals surface area (Å²) in [4.78, 5) is 10.6. The lowest BCUT2D eigenvalue weighted by atomic mass is 10.0. The molecule has 0 aliphatic heterocycles. The third-order valence-electron chi connectivity index (χ3n) is 4.78. The van der Waals surface area contributed by atoms with E-state index in [4.69, 9.17) is 10.7 Å². The first-order valence-electron chi connectivity index (χ1n) is 9.01. The first kappa shape index (κ1) is 17.6. The summed E-state index contributed by atoms with van der Waals surface area (Å²) < 4.78 is 0. The Balaban J connectivity index is 1.70. The topological polar surface area (TPSA) is 63.8 Å². The third-order valence-corrected chi connectivity index (χ3v) is 5.89. The van der Waals surface area contributed by atoms with Crippen molar-refractivity contribution < 1.29 is 0 Å². The van der Waals surface area contributed by atoms with Crippen molar-refractivity contribution in [1.82, 2.24) is 15.3 Å². The third kappa shape index (κ3) is 3.44. The lowest BCUT2D eigenvalue weighted by Crippen LogP contribution is -2.06. The molecule has 0 aliphatic carbocycles. The predicted octanol–water partition coefficient (Wildman–Crippen LogP) is 4.81. The molecule has 0 aliphatic rings. The van der Waals surface area contributed by atoms with Gasteiger partial charge >= 0.3 is 0 Å². The van der Waals surface area contributed by atoms with E-state index in [1.807, 2.05) is 31.3 Å². The summed E-state index contributed by atoms with van der Waals surface area (Å²) in [5.74, 6) is 1.40. The van der Waals surface area contributed by atoms with Crippen LogP contribution in [-0.4, -0.2) is 17.0 Å². The van der Waals surface area contributed by atoms with Gasteiger partial charge in [0.2, 0.25) is 0 Å². The Morgan fingerprint density at radius 1 is 1.07 bits per heavy atom. The molecule has 27 heavy (non-hydrogen) atoms. The quantitative estimate of drug-likeness (QED) is 0.526. The van der Waals surface area contributed by atoms with E-state index >= 15 is 0 Å². The molecule has 0 radical (unpaired) electrons. The summed E-state index contributed by atoms with van der Waals surface area (Å²) in [6, 6.07) is 18.6. The van der Waals surface area contributed by atoms with Crippen molar-refractivity contribution in [3.8, 4) is 11.1 Å². The number of nitrogens with one attached hydrogen (secondary N) is 1. The average molecular weight is 375 g/mol. The fourth-order valence-electron chi connectivity index (χ4n) is 3.31. The zero-order valence-electron chi connectivity index (χ0n) is 15.4. The second-order valence-corrected chi connectivity index (χ2v) is 7.57. The number of benzene rings is 2. The van der Waals surface area contributed by atoms with Gasteiger partial charge in [0.15, 0.2) is 0 Å². The average Bonchev–Trinajstić information content (AvgIpc) is 3.18. The Kier molecular flexibility index (Phi) is 4.88. The van der Waals surface area contributed by atoms with Crippen molar-refractivity contribution in [2.45, 2.75) is 19.4 Å². The highest BCUT2D eigenvalue weighted by Gasteiger charge is 2.17. The highest BCUT2D eigenvalue weighted by molar-refractivity contribution is 7.10. The van der Waals surface area contributed by atoms with E-state index in [9.17, 15) is 0 Å². The molecule has 5 heteroatoms. The number of hydrogen-bond donors (Lipinski definition) is 2. The molecule has 0 saturated heterocycles. The Labute approximate surface area is 163 Å². The van der Waals surface area contributed by atoms with Crippen molar-refractivity contribution in [3.63, 3.8) is 0 Å². The molecule has 0 spiro atoms. The number of hydrogen-bond acceptors (Lipinski definition) is 5. The fourth-order valence-corrected chi connectivity index (χ4v) is 4.27. The maximum Gasteiger partial charge on any atom is 0.139 e. The van der Waals surface area contributed by atoms with Crippen molar-refractivity contribution in [1.29, 1.82) is 0 Å². The van der Waals surface area contributed by atoms with E-state index in [0.717, 1.165) is 23.3 Å². The highest BCUT2D eigenvalue weighted by atomic mass is 32.1. The van der Waals surface area contributed by atoms with Crippen LogP contribution in [0, 0.1) is 0 Å². The number of nitrogen functional groups attached to an aromatic ring is 1. The summed E-state index contributed by atoms with van der Waals surface area (Å²) in [6.07, 6.45) is 0. The zero-order valence-corrected chi connectivity index (χ0v) is 16.3. The molecule has 136 valence electrons. The number of aromatic nitrogens is 2. The van der Waals surface area contributed by atoms with Gasteiger partial charge in [-0.15, -0.1) is 11.3 Å². The summed E-state index contributed by atoms with van der Waals surface area (Å²) in [5, 5.41) is 6.36. The fraction of sp³-hybridized carbons (Fsp3) is 0.182. The molecule has 0 fully saturated rings. The number of thiophene rings is 1. The van der Waals surface area contributed by atoms with E-state index < -0.39 is 0 Å². The molecule has 4 nitrogen and oxygen atoms in total. The minimum absolute atomic E-state index is 0.0899. The van der Waals surface area contributed by atoms with Crippen LogP contribution in [0.4, 0.5) is 5.82 Å². The maximum absolute atomic E-state index is 6.17. The van der Waals surface area contributed by atoms with Crippen molar-refractivity contribution in [3.05, 3.63) is 76.2 Å². The number of fused-ring (bicyclic) bond motifs is 1. The number of anilines is 1. The lowest BCUT2D eigenvalue weighted by molar-refractivity contribution is 0.819. The maximum atomic E-state index is 6.17. The largest absolute Gasteiger partial charge is 0.383 e. The standard InChI is InChI=1S/C22H22N4S/c1-14(22-25-19-10-6-5-9-18(19)21(23)26-22)20-11-16(13-27-20)17-8-4-3-7-15(17)12-24-2/h3-11,13-14,24H,12H2,1-2H3,(H2,23,25,26). The SMILES string of the molecule is CNCc1ccccc1-c1csc(C(C)c2nc(N)c3ccccc3n2)c1. The van der Waals surface area contributed by atoms with Crippen LogP contribution in [0.2, 0.25) is 0 Å². The van der Waals surface area contributed by atoms with Gasteiger partial charge in [-0.2, -0.15) is 0 Å². The first-order valence-corrected chi connectivity index (χ1v) is 9.89. The van der Waals surface area contributed by atoms with Gasteiger partial charge in [-0.25, -0.2) is 9.97 Å². The van der Waals surface area contributed by atoms with Gasteiger partial charge in [0.05, 0.1) is 11.4 Å². The van der Waals surface area contributed by atoms with Crippen LogP contribution in [0.1, 0.15) is 29.1 Å².